The number of aryl methyl sites for hydroxylation is 2. The van der Waals surface area contributed by atoms with Crippen molar-refractivity contribution in [1.82, 2.24) is 0 Å². The van der Waals surface area contributed by atoms with Crippen molar-refractivity contribution in [3.63, 3.8) is 0 Å². The molecule has 2 aliphatic carbocycles. The van der Waals surface area contributed by atoms with E-state index in [1.54, 1.807) is 0 Å². The first-order valence-corrected chi connectivity index (χ1v) is 23.2. The molecule has 0 aliphatic heterocycles. The zero-order valence-electron chi connectivity index (χ0n) is 29.7. The van der Waals surface area contributed by atoms with Crippen molar-refractivity contribution >= 4 is 72.8 Å². The Morgan fingerprint density at radius 2 is 0.900 bits per heavy atom. The summed E-state index contributed by atoms with van der Waals surface area (Å²) in [6, 6.07) is 26.3. The Morgan fingerprint density at radius 1 is 0.540 bits per heavy atom. The first-order chi connectivity index (χ1) is 23.2. The quantitative estimate of drug-likeness (QED) is 0.179. The molecule has 0 bridgehead atoms. The molecule has 0 nitrogen and oxygen atoms in total. The van der Waals surface area contributed by atoms with Crippen molar-refractivity contribution < 1.29 is 21.3 Å². The predicted molar refractivity (Wildman–Crippen MR) is 217 cm³/mol. The van der Waals surface area contributed by atoms with Crippen molar-refractivity contribution in [2.45, 2.75) is 81.1 Å². The molecule has 0 aromatic heterocycles. The van der Waals surface area contributed by atoms with Crippen LogP contribution in [0.15, 0.2) is 97.1 Å². The van der Waals surface area contributed by atoms with Crippen LogP contribution in [0.2, 0.25) is 3.63 Å². The zero-order chi connectivity index (χ0) is 36.6. The number of hydrogen-bond donors (Lipinski definition) is 0. The summed E-state index contributed by atoms with van der Waals surface area (Å²) in [4.78, 5) is 0. The van der Waals surface area contributed by atoms with E-state index in [2.05, 4.69) is 128 Å². The fraction of sp³-hybridized carbons (Fsp3) is 0.326. The maximum absolute atomic E-state index is 6.35. The van der Waals surface area contributed by atoms with E-state index in [-0.39, 0.29) is 14.5 Å². The van der Waals surface area contributed by atoms with E-state index in [9.17, 15) is 0 Å². The Labute approximate surface area is 335 Å². The van der Waals surface area contributed by atoms with Gasteiger partial charge in [0, 0.05) is 0 Å². The predicted octanol–water partition coefficient (Wildman–Crippen LogP) is 14.4. The van der Waals surface area contributed by atoms with Gasteiger partial charge in [-0.25, -0.2) is 0 Å². The minimum absolute atomic E-state index is 0.0131. The van der Waals surface area contributed by atoms with E-state index in [0.29, 0.717) is 14.8 Å². The van der Waals surface area contributed by atoms with Crippen molar-refractivity contribution in [2.24, 2.45) is 0 Å². The van der Waals surface area contributed by atoms with Gasteiger partial charge in [-0.15, -0.1) is 0 Å². The molecule has 0 amide bonds. The van der Waals surface area contributed by atoms with E-state index >= 15 is 0 Å². The summed E-state index contributed by atoms with van der Waals surface area (Å²) in [7, 11) is 0. The topological polar surface area (TPSA) is 0 Å². The summed E-state index contributed by atoms with van der Waals surface area (Å²) in [5, 5.41) is 0. The van der Waals surface area contributed by atoms with Gasteiger partial charge in [0.2, 0.25) is 0 Å². The summed E-state index contributed by atoms with van der Waals surface area (Å²) in [6.45, 7) is 18.4. The number of alkyl halides is 6. The Kier molecular flexibility index (Phi) is 10.7. The second-order valence-corrected chi connectivity index (χ2v) is 26.8. The van der Waals surface area contributed by atoms with Crippen LogP contribution in [0.25, 0.3) is 11.1 Å². The van der Waals surface area contributed by atoms with Crippen LogP contribution in [0.4, 0.5) is 0 Å². The van der Waals surface area contributed by atoms with Gasteiger partial charge in [-0.1, -0.05) is 0 Å². The molecule has 0 unspecified atom stereocenters. The van der Waals surface area contributed by atoms with Crippen LogP contribution in [0.1, 0.15) is 101 Å². The van der Waals surface area contributed by atoms with Crippen molar-refractivity contribution in [2.75, 3.05) is 0 Å². The Hall–Kier alpha value is -1.15. The average molecular weight is 863 g/mol. The average Bonchev–Trinajstić information content (AvgIpc) is 3.64. The molecule has 0 saturated carbocycles. The summed E-state index contributed by atoms with van der Waals surface area (Å²) in [6.07, 6.45) is 9.23. The molecule has 7 heteroatoms. The van der Waals surface area contributed by atoms with Gasteiger partial charge >= 0.3 is 339 Å². The molecule has 4 aromatic rings. The molecule has 0 N–H and O–H groups in total. The van der Waals surface area contributed by atoms with E-state index < -0.39 is 28.9 Å². The zero-order valence-corrected chi connectivity index (χ0v) is 36.7. The fourth-order valence-corrected chi connectivity index (χ4v) is 17.9. The Bertz CT molecular complexity index is 1900. The first-order valence-electron chi connectivity index (χ1n) is 16.9. The van der Waals surface area contributed by atoms with Gasteiger partial charge in [0.05, 0.1) is 0 Å². The van der Waals surface area contributed by atoms with E-state index in [1.807, 2.05) is 24.3 Å². The third-order valence-electron chi connectivity index (χ3n) is 10.0. The van der Waals surface area contributed by atoms with Gasteiger partial charge < -0.3 is 0 Å². The van der Waals surface area contributed by atoms with Gasteiger partial charge in [-0.2, -0.15) is 0 Å². The molecular weight excluding hydrogens is 820 g/mol. The molecule has 260 valence electrons. The fourth-order valence-electron chi connectivity index (χ4n) is 7.82. The first kappa shape index (κ1) is 38.6. The number of fused-ring (bicyclic) bond motifs is 3. The maximum atomic E-state index is 6.35. The second-order valence-electron chi connectivity index (χ2n) is 15.7. The van der Waals surface area contributed by atoms with Crippen LogP contribution in [-0.4, -0.2) is 3.21 Å². The molecule has 0 radical (unpaired) electrons. The van der Waals surface area contributed by atoms with Crippen LogP contribution in [0.5, 0.6) is 0 Å². The van der Waals surface area contributed by atoms with E-state index in [1.165, 1.54) is 47.7 Å². The van der Waals surface area contributed by atoms with E-state index in [0.717, 1.165) is 11.1 Å². The van der Waals surface area contributed by atoms with Crippen molar-refractivity contribution in [3.05, 3.63) is 153 Å². The van der Waals surface area contributed by atoms with Crippen LogP contribution in [0, 0.1) is 13.8 Å². The van der Waals surface area contributed by atoms with Crippen molar-refractivity contribution in [3.8, 4) is 11.1 Å². The van der Waals surface area contributed by atoms with Gasteiger partial charge in [0.1, 0.15) is 0 Å². The second kappa shape index (κ2) is 13.9. The molecule has 4 aromatic carbocycles. The summed E-state index contributed by atoms with van der Waals surface area (Å²) < 4.78 is -1.11. The number of benzene rings is 4. The third-order valence-corrected chi connectivity index (χ3v) is 19.9. The summed E-state index contributed by atoms with van der Waals surface area (Å²) in [5.41, 5.74) is 14.6. The van der Waals surface area contributed by atoms with Crippen molar-refractivity contribution in [1.29, 1.82) is 0 Å². The normalized spacial score (nSPS) is 15.1. The van der Waals surface area contributed by atoms with Gasteiger partial charge in [-0.05, 0) is 0 Å². The molecule has 0 heterocycles. The van der Waals surface area contributed by atoms with Crippen LogP contribution >= 0.6 is 69.6 Å². The van der Waals surface area contributed by atoms with Crippen LogP contribution < -0.4 is 0 Å². The van der Waals surface area contributed by atoms with Crippen LogP contribution in [0.3, 0.4) is 0 Å². The Balaban J connectivity index is 1.74. The molecular formula is C43H42Cl6Zr. The molecule has 2 aliphatic rings. The number of allylic oxidation sites excluding steroid dienone is 4. The molecule has 0 fully saturated rings. The van der Waals surface area contributed by atoms with Crippen LogP contribution in [-0.2, 0) is 39.7 Å². The standard InChI is InChI=1S/C23H29.C15H8Cl6.C5H5.Zr/c1-14-9-16-11-17-10-15(2)21(23(6,7)8)13-19(17)18(16)12-20(14)22(3,4)5;16-14(17,18)12-5-1-10(2-6-12)9-11-3-7-13(8-4-11)15(19,20)21;1-2-4-5-3-1;/h9-13H,1-8H3;1-8H;1-5H;. The molecule has 0 spiro atoms. The summed E-state index contributed by atoms with van der Waals surface area (Å²) in [5.74, 6) is 0. The van der Waals surface area contributed by atoms with Gasteiger partial charge in [0.25, 0.3) is 0 Å². The van der Waals surface area contributed by atoms with E-state index in [4.69, 9.17) is 69.6 Å². The Morgan fingerprint density at radius 3 is 1.22 bits per heavy atom. The number of halogens is 6. The third kappa shape index (κ3) is 7.60. The molecule has 6 rings (SSSR count). The number of hydrogen-bond acceptors (Lipinski definition) is 0. The minimum atomic E-state index is -2.99. The molecule has 50 heavy (non-hydrogen) atoms. The molecule has 0 saturated heterocycles. The van der Waals surface area contributed by atoms with Gasteiger partial charge in [-0.3, -0.25) is 0 Å². The SMILES string of the molecule is Cc1cc2c(cc1C(C)(C)C)-c1cc(C(C)(C)C)c(C)cc1[CH]2[Zr](=[C](c1ccc(C(Cl)(Cl)Cl)cc1)c1ccc(C(Cl)(Cl)Cl)cc1)[CH]1C=CC=C1. The molecule has 0 atom stereocenters. The monoisotopic (exact) mass is 858 g/mol. The number of rotatable bonds is 4. The van der Waals surface area contributed by atoms with Gasteiger partial charge in [0.15, 0.2) is 0 Å². The summed E-state index contributed by atoms with van der Waals surface area (Å²) >= 11 is 35.1.